The van der Waals surface area contributed by atoms with Gasteiger partial charge in [0.15, 0.2) is 0 Å². The van der Waals surface area contributed by atoms with Crippen LogP contribution >= 0.6 is 0 Å². The first-order valence-corrected chi connectivity index (χ1v) is 11.9. The maximum absolute atomic E-state index is 13.6. The highest BCUT2D eigenvalue weighted by molar-refractivity contribution is 5.87. The maximum Gasteiger partial charge on any atom is 0.419 e. The molecule has 0 amide bonds. The molecule has 0 saturated carbocycles. The summed E-state index contributed by atoms with van der Waals surface area (Å²) in [7, 11) is 0. The van der Waals surface area contributed by atoms with E-state index in [-0.39, 0.29) is 12.0 Å². The number of rotatable bonds is 4. The predicted molar refractivity (Wildman–Crippen MR) is 126 cm³/mol. The Labute approximate surface area is 198 Å². The van der Waals surface area contributed by atoms with Crippen LogP contribution in [0.15, 0.2) is 59.5 Å². The van der Waals surface area contributed by atoms with Crippen LogP contribution in [0.1, 0.15) is 56.6 Å². The molecule has 0 radical (unpaired) electrons. The number of alkyl halides is 3. The van der Waals surface area contributed by atoms with Crippen LogP contribution in [-0.2, 0) is 6.18 Å². The van der Waals surface area contributed by atoms with Gasteiger partial charge in [-0.2, -0.15) is 13.2 Å². The standard InChI is InChI=1S/C24H26F5N3.C2H6/c1-16-3-2-10-32-22(16)14-19(6-9-25)30-23(32)15-31-11-7-17(8-12-31)18-4-5-21(26)20(13-18)24(27,28)29;1-2/h4-6,9,13-14,17,22H,1-3,7-8,10-12,15H2;1-2H3/b9-6+;. The van der Waals surface area contributed by atoms with Crippen LogP contribution in [0.2, 0.25) is 0 Å². The van der Waals surface area contributed by atoms with E-state index >= 15 is 0 Å². The number of nitrogens with zero attached hydrogens (tertiary/aromatic N) is 3. The van der Waals surface area contributed by atoms with Gasteiger partial charge in [0.1, 0.15) is 11.7 Å². The van der Waals surface area contributed by atoms with Gasteiger partial charge in [0.2, 0.25) is 0 Å². The third-order valence-corrected chi connectivity index (χ3v) is 6.52. The number of hydrogen-bond donors (Lipinski definition) is 0. The summed E-state index contributed by atoms with van der Waals surface area (Å²) in [6, 6.07) is 3.34. The molecule has 0 aliphatic carbocycles. The third-order valence-electron chi connectivity index (χ3n) is 6.52. The van der Waals surface area contributed by atoms with Crippen LogP contribution in [0.5, 0.6) is 0 Å². The van der Waals surface area contributed by atoms with E-state index in [1.807, 2.05) is 19.9 Å². The predicted octanol–water partition coefficient (Wildman–Crippen LogP) is 6.85. The molecule has 3 aliphatic rings. The first kappa shape index (κ1) is 26.1. The Kier molecular flexibility index (Phi) is 8.68. The summed E-state index contributed by atoms with van der Waals surface area (Å²) in [5, 5.41) is 0. The molecule has 186 valence electrons. The quantitative estimate of drug-likeness (QED) is 0.346. The van der Waals surface area contributed by atoms with E-state index in [1.165, 1.54) is 12.1 Å². The van der Waals surface area contributed by atoms with Crippen molar-refractivity contribution in [1.82, 2.24) is 9.80 Å². The van der Waals surface area contributed by atoms with Crippen molar-refractivity contribution in [2.24, 2.45) is 4.99 Å². The molecule has 8 heteroatoms. The zero-order valence-electron chi connectivity index (χ0n) is 19.7. The van der Waals surface area contributed by atoms with Crippen LogP contribution in [0.4, 0.5) is 22.0 Å². The number of fused-ring (bicyclic) bond motifs is 1. The Morgan fingerprint density at radius 1 is 1.15 bits per heavy atom. The number of aliphatic imine (C=N–C) groups is 1. The largest absolute Gasteiger partial charge is 0.419 e. The first-order valence-electron chi connectivity index (χ1n) is 11.9. The molecule has 1 atom stereocenters. The Morgan fingerprint density at radius 3 is 2.50 bits per heavy atom. The summed E-state index contributed by atoms with van der Waals surface area (Å²) < 4.78 is 65.6. The molecule has 2 saturated heterocycles. The summed E-state index contributed by atoms with van der Waals surface area (Å²) in [6.07, 6.45) is 2.34. The number of halogens is 5. The van der Waals surface area contributed by atoms with Gasteiger partial charge in [-0.1, -0.05) is 32.1 Å². The topological polar surface area (TPSA) is 18.8 Å². The van der Waals surface area contributed by atoms with Gasteiger partial charge >= 0.3 is 6.18 Å². The third kappa shape index (κ3) is 5.95. The molecule has 1 aromatic carbocycles. The highest BCUT2D eigenvalue weighted by Gasteiger charge is 2.35. The van der Waals surface area contributed by atoms with Crippen molar-refractivity contribution in [2.45, 2.75) is 57.7 Å². The molecule has 1 unspecified atom stereocenters. The zero-order valence-corrected chi connectivity index (χ0v) is 19.7. The molecule has 4 rings (SSSR count). The van der Waals surface area contributed by atoms with Crippen LogP contribution in [-0.4, -0.2) is 47.9 Å². The number of amidine groups is 1. The molecule has 1 aromatic rings. The summed E-state index contributed by atoms with van der Waals surface area (Å²) >= 11 is 0. The molecule has 3 nitrogen and oxygen atoms in total. The lowest BCUT2D eigenvalue weighted by Gasteiger charge is -2.42. The van der Waals surface area contributed by atoms with Gasteiger partial charge in [-0.15, -0.1) is 0 Å². The molecule has 0 aromatic heterocycles. The minimum absolute atomic E-state index is 0.0139. The van der Waals surface area contributed by atoms with Gasteiger partial charge in [-0.25, -0.2) is 13.8 Å². The van der Waals surface area contributed by atoms with Crippen molar-refractivity contribution in [3.63, 3.8) is 0 Å². The van der Waals surface area contributed by atoms with Gasteiger partial charge in [0.25, 0.3) is 0 Å². The Morgan fingerprint density at radius 2 is 1.85 bits per heavy atom. The molecular formula is C26H32F5N3. The molecule has 3 heterocycles. The molecule has 0 bridgehead atoms. The fourth-order valence-corrected chi connectivity index (χ4v) is 4.82. The minimum Gasteiger partial charge on any atom is -0.349 e. The second kappa shape index (κ2) is 11.3. The van der Waals surface area contributed by atoms with E-state index in [9.17, 15) is 22.0 Å². The molecule has 34 heavy (non-hydrogen) atoms. The zero-order chi connectivity index (χ0) is 24.9. The highest BCUT2D eigenvalue weighted by Crippen LogP contribution is 2.36. The number of piperidine rings is 2. The van der Waals surface area contributed by atoms with E-state index in [0.717, 1.165) is 42.9 Å². The minimum atomic E-state index is -4.70. The van der Waals surface area contributed by atoms with Crippen molar-refractivity contribution in [2.75, 3.05) is 26.2 Å². The second-order valence-electron chi connectivity index (χ2n) is 8.60. The lowest BCUT2D eigenvalue weighted by atomic mass is 9.88. The normalized spacial score (nSPS) is 22.1. The van der Waals surface area contributed by atoms with Crippen LogP contribution in [0, 0.1) is 5.82 Å². The SMILES string of the molecule is C=C1CCCN2C(CN3CCC(c4ccc(F)c(C(F)(F)F)c4)CC3)=NC(/C=C/F)=CC12.CC. The van der Waals surface area contributed by atoms with Gasteiger partial charge in [-0.3, -0.25) is 4.90 Å². The van der Waals surface area contributed by atoms with E-state index < -0.39 is 17.6 Å². The number of allylic oxidation sites excluding steroid dienone is 1. The molecule has 2 fully saturated rings. The summed E-state index contributed by atoms with van der Waals surface area (Å²) in [4.78, 5) is 9.07. The van der Waals surface area contributed by atoms with Crippen LogP contribution in [0.25, 0.3) is 0 Å². The Hall–Kier alpha value is -2.48. The number of benzene rings is 1. The van der Waals surface area contributed by atoms with Crippen LogP contribution < -0.4 is 0 Å². The fraction of sp³-hybridized carbons (Fsp3) is 0.500. The summed E-state index contributed by atoms with van der Waals surface area (Å²) in [5.41, 5.74) is 0.987. The van der Waals surface area contributed by atoms with Gasteiger partial charge in [0, 0.05) is 6.54 Å². The molecule has 0 spiro atoms. The molecular weight excluding hydrogens is 449 g/mol. The Bertz CT molecular complexity index is 956. The van der Waals surface area contributed by atoms with Crippen molar-refractivity contribution < 1.29 is 22.0 Å². The van der Waals surface area contributed by atoms with E-state index in [4.69, 9.17) is 0 Å². The van der Waals surface area contributed by atoms with E-state index in [1.54, 1.807) is 0 Å². The van der Waals surface area contributed by atoms with Gasteiger partial charge < -0.3 is 4.90 Å². The van der Waals surface area contributed by atoms with E-state index in [0.29, 0.717) is 50.1 Å². The fourth-order valence-electron chi connectivity index (χ4n) is 4.82. The highest BCUT2D eigenvalue weighted by atomic mass is 19.4. The lowest BCUT2D eigenvalue weighted by Crippen LogP contribution is -2.50. The molecule has 0 N–H and O–H groups in total. The maximum atomic E-state index is 13.6. The number of likely N-dealkylation sites (tertiary alicyclic amines) is 1. The second-order valence-corrected chi connectivity index (χ2v) is 8.60. The average molecular weight is 482 g/mol. The number of hydrogen-bond acceptors (Lipinski definition) is 3. The smallest absolute Gasteiger partial charge is 0.349 e. The van der Waals surface area contributed by atoms with Crippen molar-refractivity contribution in [3.8, 4) is 0 Å². The van der Waals surface area contributed by atoms with Crippen molar-refractivity contribution in [3.05, 3.63) is 71.5 Å². The summed E-state index contributed by atoms with van der Waals surface area (Å²) in [6.45, 7) is 11.0. The van der Waals surface area contributed by atoms with Crippen LogP contribution in [0.3, 0.4) is 0 Å². The van der Waals surface area contributed by atoms with Crippen molar-refractivity contribution in [1.29, 1.82) is 0 Å². The van der Waals surface area contributed by atoms with Crippen molar-refractivity contribution >= 4 is 5.84 Å². The van der Waals surface area contributed by atoms with Gasteiger partial charge in [0.05, 0.1) is 30.2 Å². The van der Waals surface area contributed by atoms with Gasteiger partial charge in [-0.05, 0) is 74.5 Å². The first-order chi connectivity index (χ1) is 16.3. The summed E-state index contributed by atoms with van der Waals surface area (Å²) in [5.74, 6) is -0.419. The lowest BCUT2D eigenvalue weighted by molar-refractivity contribution is -0.140. The average Bonchev–Trinajstić information content (AvgIpc) is 2.81. The monoisotopic (exact) mass is 481 g/mol. The van der Waals surface area contributed by atoms with E-state index in [2.05, 4.69) is 21.4 Å². The molecule has 3 aliphatic heterocycles. The Balaban J connectivity index is 0.00000158.